The number of nitrogens with zero attached hydrogens (tertiary/aromatic N) is 16. The number of anilines is 4. The van der Waals surface area contributed by atoms with Crippen LogP contribution < -0.4 is 21.3 Å². The van der Waals surface area contributed by atoms with Gasteiger partial charge in [-0.1, -0.05) is 75.4 Å². The van der Waals surface area contributed by atoms with Crippen LogP contribution in [-0.4, -0.2) is 258 Å². The molecule has 31 heteroatoms. The first kappa shape index (κ1) is 89.4. The lowest BCUT2D eigenvalue weighted by Crippen LogP contribution is -2.54. The van der Waals surface area contributed by atoms with Crippen LogP contribution in [0.2, 0.25) is 0 Å². The number of aliphatic hydroxyl groups is 1. The molecule has 7 aromatic rings. The first-order valence-corrected chi connectivity index (χ1v) is 45.4. The van der Waals surface area contributed by atoms with Gasteiger partial charge >= 0.3 is 12.1 Å². The van der Waals surface area contributed by atoms with Crippen molar-refractivity contribution in [3.05, 3.63) is 142 Å². The molecule has 5 N–H and O–H groups in total. The maximum Gasteiger partial charge on any atom is 0.410 e. The lowest BCUT2D eigenvalue weighted by molar-refractivity contribution is -0.167. The summed E-state index contributed by atoms with van der Waals surface area (Å²) in [5.74, 6) is -0.0328. The molecule has 1 aliphatic carbocycles. The zero-order valence-electron chi connectivity index (χ0n) is 73.4. The van der Waals surface area contributed by atoms with Crippen molar-refractivity contribution in [1.29, 1.82) is 0 Å². The number of amides is 3. The van der Waals surface area contributed by atoms with Crippen LogP contribution >= 0.6 is 0 Å². The first-order valence-electron chi connectivity index (χ1n) is 45.4. The molecule has 5 fully saturated rings. The Morgan fingerprint density at radius 3 is 2.18 bits per heavy atom. The summed E-state index contributed by atoms with van der Waals surface area (Å²) in [6.07, 6.45) is 27.1. The van der Waals surface area contributed by atoms with Gasteiger partial charge in [-0.3, -0.25) is 29.0 Å². The number of benzene rings is 2. The Morgan fingerprint density at radius 1 is 0.672 bits per heavy atom. The SMILES string of the molecule is CO[C@H]1CC2CCCC(O2)C(=O)C(=O)N2CCCC[C@H]2C(=O)O[C@H](CCC2CCC(OC(=O)N3CCc4nc(N5CCN(CCOCCN6CCN(c7ncc(C(=O)N8CCc9cc(Cn%10nc(-c%11ccc%12oc(N)nc%12c%11)c%11c(N)ncnc%11%10)ccc9C8)cn7)CC6)CC5)ncc4C3)CC2)CC[C@H](C)/C=C(\C)[C@@H](O)CC(=O)[C@H](C)C[C@H](C)/C=C/C=CC=C1C. The molecule has 4 saturated heterocycles. The lowest BCUT2D eigenvalue weighted by Gasteiger charge is -2.36. The predicted octanol–water partition coefficient (Wildman–Crippen LogP) is 11.0. The monoisotopic (exact) mass is 1710 g/mol. The number of piperazine rings is 2. The van der Waals surface area contributed by atoms with Gasteiger partial charge in [-0.25, -0.2) is 44.2 Å². The third-order valence-corrected chi connectivity index (χ3v) is 26.7. The van der Waals surface area contributed by atoms with Crippen LogP contribution in [0, 0.1) is 23.7 Å². The number of hydrogen-bond donors (Lipinski definition) is 3. The molecule has 0 spiro atoms. The minimum absolute atomic E-state index is 0.00703. The summed E-state index contributed by atoms with van der Waals surface area (Å²) >= 11 is 0. The normalized spacial score (nSPS) is 26.2. The van der Waals surface area contributed by atoms with Crippen LogP contribution in [0.3, 0.4) is 0 Å². The van der Waals surface area contributed by atoms with Gasteiger partial charge in [0.05, 0.1) is 61.3 Å². The zero-order valence-corrected chi connectivity index (χ0v) is 73.4. The minimum atomic E-state index is -0.920. The van der Waals surface area contributed by atoms with Crippen molar-refractivity contribution < 1.29 is 62.0 Å². The van der Waals surface area contributed by atoms with Gasteiger partial charge in [0.1, 0.15) is 53.5 Å². The fraction of sp³-hybridized carbons (Fsp3) is 0.574. The highest BCUT2D eigenvalue weighted by atomic mass is 16.6. The molecule has 8 aliphatic rings. The summed E-state index contributed by atoms with van der Waals surface area (Å²) in [5, 5.41) is 17.0. The number of allylic oxidation sites excluding steroid dienone is 6. The Morgan fingerprint density at radius 2 is 1.42 bits per heavy atom. The van der Waals surface area contributed by atoms with E-state index in [1.165, 1.54) is 16.8 Å². The maximum absolute atomic E-state index is 14.5. The summed E-state index contributed by atoms with van der Waals surface area (Å²) in [6.45, 7) is 22.2. The summed E-state index contributed by atoms with van der Waals surface area (Å²) < 4.78 is 38.5. The van der Waals surface area contributed by atoms with E-state index in [4.69, 9.17) is 54.6 Å². The molecule has 3 amide bonds. The van der Waals surface area contributed by atoms with Crippen molar-refractivity contribution in [1.82, 2.24) is 69.2 Å². The Labute approximate surface area is 731 Å². The third-order valence-electron chi connectivity index (χ3n) is 26.7. The highest BCUT2D eigenvalue weighted by Crippen LogP contribution is 2.37. The molecule has 12 heterocycles. The topological polar surface area (TPSA) is 365 Å². The number of ether oxygens (including phenoxy) is 5. The first-order chi connectivity index (χ1) is 60.6. The number of carbonyl (C=O) groups excluding carboxylic acids is 6. The molecule has 0 radical (unpaired) electrons. The average molecular weight is 1710 g/mol. The number of nitrogen functional groups attached to an aromatic ring is 2. The van der Waals surface area contributed by atoms with Crippen molar-refractivity contribution in [3.63, 3.8) is 0 Å². The van der Waals surface area contributed by atoms with E-state index >= 15 is 0 Å². The number of esters is 1. The highest BCUT2D eigenvalue weighted by Gasteiger charge is 2.42. The van der Waals surface area contributed by atoms with Crippen LogP contribution in [0.1, 0.15) is 182 Å². The number of nitrogens with two attached hydrogens (primary N) is 2. The van der Waals surface area contributed by atoms with Crippen LogP contribution in [-0.2, 0) is 75.3 Å². The van der Waals surface area contributed by atoms with E-state index in [1.807, 2.05) is 85.1 Å². The van der Waals surface area contributed by atoms with E-state index in [2.05, 4.69) is 82.6 Å². The summed E-state index contributed by atoms with van der Waals surface area (Å²) in [4.78, 5) is 131. The lowest BCUT2D eigenvalue weighted by atomic mass is 9.83. The number of oxazole rings is 1. The molecule has 2 aromatic carbocycles. The van der Waals surface area contributed by atoms with Crippen molar-refractivity contribution in [2.24, 2.45) is 23.7 Å². The number of cyclic esters (lactones) is 1. The molecule has 2 bridgehead atoms. The molecular weight excluding hydrogens is 1590 g/mol. The molecule has 668 valence electrons. The van der Waals surface area contributed by atoms with Crippen LogP contribution in [0.4, 0.5) is 28.5 Å². The van der Waals surface area contributed by atoms with E-state index in [0.29, 0.717) is 180 Å². The number of piperidine rings is 1. The largest absolute Gasteiger partial charge is 0.461 e. The Kier molecular flexibility index (Phi) is 29.9. The predicted molar refractivity (Wildman–Crippen MR) is 474 cm³/mol. The molecule has 15 rings (SSSR count). The van der Waals surface area contributed by atoms with Crippen LogP contribution in [0.15, 0.2) is 113 Å². The van der Waals surface area contributed by atoms with Crippen molar-refractivity contribution in [3.8, 4) is 11.3 Å². The van der Waals surface area contributed by atoms with Gasteiger partial charge in [0.25, 0.3) is 17.8 Å². The van der Waals surface area contributed by atoms with Gasteiger partial charge in [0.2, 0.25) is 17.7 Å². The maximum atomic E-state index is 14.5. The van der Waals surface area contributed by atoms with Crippen molar-refractivity contribution in [2.45, 2.75) is 219 Å². The number of methoxy groups -OCH3 is 1. The smallest absolute Gasteiger partial charge is 0.410 e. The Bertz CT molecular complexity index is 5060. The van der Waals surface area contributed by atoms with Gasteiger partial charge < -0.3 is 69.2 Å². The fourth-order valence-electron chi connectivity index (χ4n) is 19.1. The number of ketones is 2. The third kappa shape index (κ3) is 22.7. The second-order valence-electron chi connectivity index (χ2n) is 35.8. The van der Waals surface area contributed by atoms with Gasteiger partial charge in [-0.05, 0) is 180 Å². The number of aromatic nitrogens is 9. The van der Waals surface area contributed by atoms with Crippen LogP contribution in [0.5, 0.6) is 0 Å². The number of hydrogen-bond acceptors (Lipinski definition) is 27. The zero-order chi connectivity index (χ0) is 87.2. The molecule has 9 atom stereocenters. The number of carbonyl (C=O) groups is 6. The van der Waals surface area contributed by atoms with Gasteiger partial charge in [-0.2, -0.15) is 10.1 Å². The second-order valence-corrected chi connectivity index (χ2v) is 35.8. The Hall–Kier alpha value is -10.4. The number of rotatable bonds is 17. The number of Topliss-reactive ketones (excluding diaryl/α,β-unsaturated/α-hetero) is 2. The van der Waals surface area contributed by atoms with E-state index in [-0.39, 0.29) is 72.8 Å². The van der Waals surface area contributed by atoms with E-state index in [9.17, 15) is 33.9 Å². The van der Waals surface area contributed by atoms with Crippen LogP contribution in [0.25, 0.3) is 33.4 Å². The summed E-state index contributed by atoms with van der Waals surface area (Å²) in [6, 6.07) is 11.1. The molecule has 7 aliphatic heterocycles. The van der Waals surface area contributed by atoms with Gasteiger partial charge in [-0.15, -0.1) is 0 Å². The van der Waals surface area contributed by atoms with Crippen molar-refractivity contribution >= 4 is 81.3 Å². The quantitative estimate of drug-likeness (QED) is 0.0330. The molecule has 31 nitrogen and oxygen atoms in total. The summed E-state index contributed by atoms with van der Waals surface area (Å²) in [7, 11) is 1.66. The number of aliphatic hydroxyl groups excluding tert-OH is 1. The van der Waals surface area contributed by atoms with E-state index < -0.39 is 42.0 Å². The fourth-order valence-corrected chi connectivity index (χ4v) is 19.1. The molecular formula is C94H124N18O13. The van der Waals surface area contributed by atoms with E-state index in [0.717, 1.165) is 143 Å². The van der Waals surface area contributed by atoms with Gasteiger partial charge in [0, 0.05) is 154 Å². The van der Waals surface area contributed by atoms with Gasteiger partial charge in [0.15, 0.2) is 11.2 Å². The minimum Gasteiger partial charge on any atom is -0.461 e. The average Bonchev–Trinajstić information content (AvgIpc) is 1.61. The molecule has 5 aromatic heterocycles. The molecule has 125 heavy (non-hydrogen) atoms. The van der Waals surface area contributed by atoms with Crippen molar-refractivity contribution in [2.75, 3.05) is 127 Å². The second kappa shape index (κ2) is 41.8. The Balaban J connectivity index is 0.459. The number of fused-ring (bicyclic) bond motifs is 7. The molecule has 2 unspecified atom stereocenters. The highest BCUT2D eigenvalue weighted by molar-refractivity contribution is 6.38. The standard InChI is InChI=1S/C94H124N18O13/c1-60-13-8-7-9-14-62(3)82(120-6)51-74-15-12-17-81(122-74)85(115)89(117)111-32-11-10-16-77(111)90(118)123-72(25-18-61(2)48-64(5)79(114)52-78(113)63(4)47-60)26-20-65-21-27-73(28-22-65)124-94(119)110-34-31-75-71(58-110)55-99-93(103-75)108-41-37-106(38-42-108)44-46-121-45-43-105-35-39-107(40-36-105)92-97-53-70(54-98-92)88(116)109-33-30-67-49-66(19-23-69(67)57-109)56-112-87-83(86(95)100-59-101-87)84(104-112)68-24-29-80-76(50-68)102-91(96)125-80/h7-9,13-14,19,23-24,29,48-50,53-55,59-61,63,65,72-74,77,79,81-82,114H,10-12,15-18,20-22,25-28,30-47,51-52,56-58H2,1-6H3,(H2,96,102)(H2,95,100,101)/b9-7?,13-8+,62-14?,64-48+/t60-,61+,63-,65?,72+,73?,74?,77+,79+,81?,82+/m1/s1. The summed E-state index contributed by atoms with van der Waals surface area (Å²) in [5.41, 5.74) is 22.9. The molecule has 1 saturated carbocycles. The van der Waals surface area contributed by atoms with E-state index in [1.54, 1.807) is 24.4 Å².